The SMILES string of the molecule is CCOc1ccc([C@H]2CC(C)=NN2c2nc(-c3ccccc3)cs2)cc1. The molecule has 5 heteroatoms. The lowest BCUT2D eigenvalue weighted by Crippen LogP contribution is -2.18. The summed E-state index contributed by atoms with van der Waals surface area (Å²) in [6, 6.07) is 18.8. The fraction of sp³-hybridized carbons (Fsp3) is 0.238. The highest BCUT2D eigenvalue weighted by Gasteiger charge is 2.29. The standard InChI is InChI=1S/C21H21N3OS/c1-3-25-18-11-9-17(10-12-18)20-13-15(2)23-24(20)21-22-19(14-26-21)16-7-5-4-6-8-16/h4-12,14,20H,3,13H2,1-2H3/t20-/m1/s1. The first kappa shape index (κ1) is 16.8. The molecule has 3 aromatic rings. The number of benzene rings is 2. The lowest BCUT2D eigenvalue weighted by molar-refractivity contribution is 0.340. The summed E-state index contributed by atoms with van der Waals surface area (Å²) in [5.74, 6) is 0.902. The van der Waals surface area contributed by atoms with Crippen molar-refractivity contribution in [3.8, 4) is 17.0 Å². The van der Waals surface area contributed by atoms with Crippen LogP contribution in [0.1, 0.15) is 31.9 Å². The molecular formula is C21H21N3OS. The zero-order valence-electron chi connectivity index (χ0n) is 14.9. The van der Waals surface area contributed by atoms with Crippen molar-refractivity contribution in [1.82, 2.24) is 4.98 Å². The quantitative estimate of drug-likeness (QED) is 0.597. The van der Waals surface area contributed by atoms with Crippen LogP contribution in [0.3, 0.4) is 0 Å². The van der Waals surface area contributed by atoms with Crippen LogP contribution in [0.5, 0.6) is 5.75 Å². The molecule has 0 N–H and O–H groups in total. The number of thiazole rings is 1. The van der Waals surface area contributed by atoms with Crippen molar-refractivity contribution < 1.29 is 4.74 Å². The summed E-state index contributed by atoms with van der Waals surface area (Å²) in [6.45, 7) is 4.75. The largest absolute Gasteiger partial charge is 0.494 e. The monoisotopic (exact) mass is 363 g/mol. The van der Waals surface area contributed by atoms with Gasteiger partial charge in [-0.1, -0.05) is 42.5 Å². The van der Waals surface area contributed by atoms with E-state index >= 15 is 0 Å². The van der Waals surface area contributed by atoms with Crippen molar-refractivity contribution in [3.63, 3.8) is 0 Å². The maximum atomic E-state index is 5.56. The van der Waals surface area contributed by atoms with Gasteiger partial charge < -0.3 is 4.74 Å². The lowest BCUT2D eigenvalue weighted by atomic mass is 10.0. The Balaban J connectivity index is 1.61. The van der Waals surface area contributed by atoms with Crippen molar-refractivity contribution in [3.05, 3.63) is 65.5 Å². The molecule has 132 valence electrons. The van der Waals surface area contributed by atoms with Crippen LogP contribution in [0, 0.1) is 0 Å². The minimum absolute atomic E-state index is 0.181. The Morgan fingerprint density at radius 2 is 1.88 bits per heavy atom. The number of anilines is 1. The maximum absolute atomic E-state index is 5.56. The fourth-order valence-corrected chi connectivity index (χ4v) is 3.99. The van der Waals surface area contributed by atoms with Crippen LogP contribution in [0.25, 0.3) is 11.3 Å². The predicted octanol–water partition coefficient (Wildman–Crippen LogP) is 5.54. The van der Waals surface area contributed by atoms with E-state index in [4.69, 9.17) is 14.8 Å². The van der Waals surface area contributed by atoms with Gasteiger partial charge in [-0.15, -0.1) is 11.3 Å². The average Bonchev–Trinajstić information content (AvgIpc) is 3.30. The smallest absolute Gasteiger partial charge is 0.207 e. The molecule has 4 rings (SSSR count). The molecule has 0 radical (unpaired) electrons. The second-order valence-corrected chi connectivity index (χ2v) is 7.12. The fourth-order valence-electron chi connectivity index (χ4n) is 3.16. The van der Waals surface area contributed by atoms with Gasteiger partial charge >= 0.3 is 0 Å². The van der Waals surface area contributed by atoms with Gasteiger partial charge in [0.15, 0.2) is 0 Å². The molecule has 0 aliphatic carbocycles. The molecule has 1 aliphatic heterocycles. The van der Waals surface area contributed by atoms with E-state index in [1.54, 1.807) is 11.3 Å². The van der Waals surface area contributed by atoms with Gasteiger partial charge in [0, 0.05) is 23.1 Å². The summed E-state index contributed by atoms with van der Waals surface area (Å²) in [5.41, 5.74) is 4.48. The molecule has 1 aliphatic rings. The van der Waals surface area contributed by atoms with Gasteiger partial charge in [-0.25, -0.2) is 9.99 Å². The predicted molar refractivity (Wildman–Crippen MR) is 108 cm³/mol. The second-order valence-electron chi connectivity index (χ2n) is 6.28. The summed E-state index contributed by atoms with van der Waals surface area (Å²) in [5, 5.41) is 9.84. The molecule has 0 spiro atoms. The van der Waals surface area contributed by atoms with Crippen molar-refractivity contribution >= 4 is 22.2 Å². The molecule has 2 aromatic carbocycles. The van der Waals surface area contributed by atoms with E-state index in [1.165, 1.54) is 5.56 Å². The van der Waals surface area contributed by atoms with Gasteiger partial charge in [-0.2, -0.15) is 5.10 Å². The molecule has 1 atom stereocenters. The Labute approximate surface area is 157 Å². The number of nitrogens with zero attached hydrogens (tertiary/aromatic N) is 3. The zero-order chi connectivity index (χ0) is 17.9. The van der Waals surface area contributed by atoms with E-state index in [2.05, 4.69) is 41.6 Å². The first-order valence-corrected chi connectivity index (χ1v) is 9.69. The average molecular weight is 363 g/mol. The molecule has 2 heterocycles. The highest BCUT2D eigenvalue weighted by Crippen LogP contribution is 2.38. The number of ether oxygens (including phenoxy) is 1. The van der Waals surface area contributed by atoms with Gasteiger partial charge in [0.05, 0.1) is 18.3 Å². The van der Waals surface area contributed by atoms with Crippen LogP contribution in [-0.4, -0.2) is 17.3 Å². The maximum Gasteiger partial charge on any atom is 0.207 e. The molecule has 0 amide bonds. The molecule has 1 aromatic heterocycles. The highest BCUT2D eigenvalue weighted by atomic mass is 32.1. The molecule has 0 unspecified atom stereocenters. The highest BCUT2D eigenvalue weighted by molar-refractivity contribution is 7.14. The Hall–Kier alpha value is -2.66. The molecule has 0 bridgehead atoms. The number of aromatic nitrogens is 1. The summed E-state index contributed by atoms with van der Waals surface area (Å²) in [4.78, 5) is 4.83. The number of hydrazone groups is 1. The minimum Gasteiger partial charge on any atom is -0.494 e. The van der Waals surface area contributed by atoms with E-state index in [0.29, 0.717) is 6.61 Å². The van der Waals surface area contributed by atoms with Crippen molar-refractivity contribution in [1.29, 1.82) is 0 Å². The lowest BCUT2D eigenvalue weighted by Gasteiger charge is -2.21. The Bertz CT molecular complexity index is 903. The number of rotatable bonds is 5. The third-order valence-electron chi connectivity index (χ3n) is 4.40. The third-order valence-corrected chi connectivity index (χ3v) is 5.23. The molecule has 0 saturated carbocycles. The minimum atomic E-state index is 0.181. The normalized spacial score (nSPS) is 16.6. The van der Waals surface area contributed by atoms with E-state index in [0.717, 1.165) is 34.3 Å². The van der Waals surface area contributed by atoms with E-state index in [1.807, 2.05) is 37.3 Å². The Kier molecular flexibility index (Phi) is 4.71. The van der Waals surface area contributed by atoms with Crippen LogP contribution in [0.4, 0.5) is 5.13 Å². The van der Waals surface area contributed by atoms with Crippen LogP contribution >= 0.6 is 11.3 Å². The van der Waals surface area contributed by atoms with E-state index < -0.39 is 0 Å². The molecule has 26 heavy (non-hydrogen) atoms. The van der Waals surface area contributed by atoms with Crippen LogP contribution in [0.15, 0.2) is 65.1 Å². The Morgan fingerprint density at radius 1 is 1.12 bits per heavy atom. The topological polar surface area (TPSA) is 37.7 Å². The van der Waals surface area contributed by atoms with Crippen LogP contribution in [-0.2, 0) is 0 Å². The van der Waals surface area contributed by atoms with Crippen LogP contribution < -0.4 is 9.75 Å². The van der Waals surface area contributed by atoms with Crippen LogP contribution in [0.2, 0.25) is 0 Å². The van der Waals surface area contributed by atoms with Crippen molar-refractivity contribution in [2.75, 3.05) is 11.6 Å². The van der Waals surface area contributed by atoms with Gasteiger partial charge in [0.1, 0.15) is 5.75 Å². The summed E-state index contributed by atoms with van der Waals surface area (Å²) in [6.07, 6.45) is 0.911. The third kappa shape index (κ3) is 3.35. The first-order chi connectivity index (χ1) is 12.7. The molecule has 0 fully saturated rings. The van der Waals surface area contributed by atoms with Crippen molar-refractivity contribution in [2.24, 2.45) is 5.10 Å². The van der Waals surface area contributed by atoms with Gasteiger partial charge in [-0.05, 0) is 31.5 Å². The summed E-state index contributed by atoms with van der Waals surface area (Å²) in [7, 11) is 0. The van der Waals surface area contributed by atoms with E-state index in [-0.39, 0.29) is 6.04 Å². The van der Waals surface area contributed by atoms with Gasteiger partial charge in [0.2, 0.25) is 5.13 Å². The number of hydrogen-bond donors (Lipinski definition) is 0. The second kappa shape index (κ2) is 7.30. The first-order valence-electron chi connectivity index (χ1n) is 8.81. The molecule has 4 nitrogen and oxygen atoms in total. The van der Waals surface area contributed by atoms with E-state index in [9.17, 15) is 0 Å². The van der Waals surface area contributed by atoms with Gasteiger partial charge in [0.25, 0.3) is 0 Å². The molecular weight excluding hydrogens is 342 g/mol. The Morgan fingerprint density at radius 3 is 2.62 bits per heavy atom. The molecule has 0 saturated heterocycles. The number of hydrogen-bond acceptors (Lipinski definition) is 5. The van der Waals surface area contributed by atoms with Crippen molar-refractivity contribution in [2.45, 2.75) is 26.3 Å². The van der Waals surface area contributed by atoms with Gasteiger partial charge in [-0.3, -0.25) is 0 Å². The summed E-state index contributed by atoms with van der Waals surface area (Å²) < 4.78 is 5.56. The zero-order valence-corrected chi connectivity index (χ0v) is 15.7. The summed E-state index contributed by atoms with van der Waals surface area (Å²) >= 11 is 1.64.